The number of alkyl halides is 1. The van der Waals surface area contributed by atoms with Crippen molar-refractivity contribution >= 4 is 59.1 Å². The van der Waals surface area contributed by atoms with Gasteiger partial charge in [-0.2, -0.15) is 0 Å². The summed E-state index contributed by atoms with van der Waals surface area (Å²) in [5.41, 5.74) is 2.06. The van der Waals surface area contributed by atoms with Crippen LogP contribution < -0.4 is 0 Å². The Balaban J connectivity index is 2.47. The summed E-state index contributed by atoms with van der Waals surface area (Å²) in [6, 6.07) is 7.15. The lowest BCUT2D eigenvalue weighted by atomic mass is 10.1. The van der Waals surface area contributed by atoms with Gasteiger partial charge in [-0.25, -0.2) is 4.39 Å². The van der Waals surface area contributed by atoms with Gasteiger partial charge in [0.25, 0.3) is 0 Å². The number of thiophene rings is 1. The van der Waals surface area contributed by atoms with Gasteiger partial charge in [0.1, 0.15) is 5.82 Å². The average Bonchev–Trinajstić information content (AvgIpc) is 2.61. The van der Waals surface area contributed by atoms with Crippen molar-refractivity contribution in [2.24, 2.45) is 0 Å². The van der Waals surface area contributed by atoms with Gasteiger partial charge in [-0.3, -0.25) is 0 Å². The number of hydrogen-bond donors (Lipinski definition) is 0. The lowest BCUT2D eigenvalue weighted by Crippen LogP contribution is -1.95. The predicted molar refractivity (Wildman–Crippen MR) is 81.6 cm³/mol. The fourth-order valence-corrected chi connectivity index (χ4v) is 5.15. The Bertz CT molecular complexity index is 551. The second kappa shape index (κ2) is 5.51. The summed E-state index contributed by atoms with van der Waals surface area (Å²) in [6.45, 7) is 2.06. The van der Waals surface area contributed by atoms with Gasteiger partial charge in [-0.05, 0) is 62.0 Å². The standard InChI is InChI=1S/C12H8Br3FS/c1-6-8(5-10(13)17-6)11(14)7-3-2-4-9(16)12(7)15/h2-5,11H,1H3. The van der Waals surface area contributed by atoms with Gasteiger partial charge in [0.2, 0.25) is 0 Å². The molecule has 0 aliphatic heterocycles. The molecule has 0 aliphatic rings. The van der Waals surface area contributed by atoms with Gasteiger partial charge in [0.15, 0.2) is 0 Å². The Morgan fingerprint density at radius 1 is 1.24 bits per heavy atom. The lowest BCUT2D eigenvalue weighted by Gasteiger charge is -2.12. The summed E-state index contributed by atoms with van der Waals surface area (Å²) < 4.78 is 15.1. The molecular weight excluding hydrogens is 435 g/mol. The molecule has 0 nitrogen and oxygen atoms in total. The highest BCUT2D eigenvalue weighted by molar-refractivity contribution is 9.11. The Morgan fingerprint density at radius 2 is 1.94 bits per heavy atom. The molecule has 1 unspecified atom stereocenters. The minimum atomic E-state index is -0.237. The molecule has 0 fully saturated rings. The van der Waals surface area contributed by atoms with Crippen LogP contribution in [0.5, 0.6) is 0 Å². The largest absolute Gasteiger partial charge is 0.206 e. The van der Waals surface area contributed by atoms with Crippen LogP contribution in [0.1, 0.15) is 20.8 Å². The molecule has 0 saturated carbocycles. The Kier molecular flexibility index (Phi) is 4.45. The highest BCUT2D eigenvalue weighted by atomic mass is 79.9. The van der Waals surface area contributed by atoms with E-state index >= 15 is 0 Å². The number of rotatable bonds is 2. The zero-order valence-electron chi connectivity index (χ0n) is 8.81. The van der Waals surface area contributed by atoms with E-state index in [1.54, 1.807) is 17.4 Å². The molecule has 0 amide bonds. The summed E-state index contributed by atoms with van der Waals surface area (Å²) in [7, 11) is 0. The quantitative estimate of drug-likeness (QED) is 0.485. The second-order valence-corrected chi connectivity index (χ2v) is 7.91. The van der Waals surface area contributed by atoms with Crippen molar-refractivity contribution in [3.8, 4) is 0 Å². The van der Waals surface area contributed by atoms with E-state index in [1.165, 1.54) is 10.9 Å². The van der Waals surface area contributed by atoms with Crippen molar-refractivity contribution in [3.05, 3.63) is 54.3 Å². The maximum Gasteiger partial charge on any atom is 0.137 e. The summed E-state index contributed by atoms with van der Waals surface area (Å²) >= 11 is 12.1. The first-order valence-corrected chi connectivity index (χ1v) is 8.16. The molecular formula is C12H8Br3FS. The predicted octanol–water partition coefficient (Wildman–Crippen LogP) is 6.20. The van der Waals surface area contributed by atoms with Crippen LogP contribution >= 0.6 is 59.1 Å². The first-order valence-electron chi connectivity index (χ1n) is 4.84. The van der Waals surface area contributed by atoms with Crippen LogP contribution in [-0.4, -0.2) is 0 Å². The smallest absolute Gasteiger partial charge is 0.137 e. The monoisotopic (exact) mass is 440 g/mol. The first-order chi connectivity index (χ1) is 8.00. The van der Waals surface area contributed by atoms with Crippen LogP contribution in [-0.2, 0) is 0 Å². The highest BCUT2D eigenvalue weighted by Crippen LogP contribution is 2.41. The second-order valence-electron chi connectivity index (χ2n) is 3.57. The number of hydrogen-bond acceptors (Lipinski definition) is 1. The zero-order valence-corrected chi connectivity index (χ0v) is 14.4. The van der Waals surface area contributed by atoms with Crippen LogP contribution in [0.2, 0.25) is 0 Å². The summed E-state index contributed by atoms with van der Waals surface area (Å²) in [5.74, 6) is -0.237. The van der Waals surface area contributed by atoms with E-state index in [0.717, 1.165) is 14.9 Å². The van der Waals surface area contributed by atoms with E-state index in [-0.39, 0.29) is 10.6 Å². The van der Waals surface area contributed by atoms with Gasteiger partial charge in [0, 0.05) is 4.88 Å². The molecule has 0 spiro atoms. The van der Waals surface area contributed by atoms with E-state index in [9.17, 15) is 4.39 Å². The van der Waals surface area contributed by atoms with Crippen molar-refractivity contribution in [3.63, 3.8) is 0 Å². The minimum absolute atomic E-state index is 0.00451. The van der Waals surface area contributed by atoms with Crippen LogP contribution in [0.4, 0.5) is 4.39 Å². The molecule has 2 rings (SSSR count). The third-order valence-corrected chi connectivity index (χ3v) is 5.85. The Morgan fingerprint density at radius 3 is 2.53 bits per heavy atom. The first kappa shape index (κ1) is 13.7. The van der Waals surface area contributed by atoms with Crippen molar-refractivity contribution in [1.82, 2.24) is 0 Å². The Labute approximate surface area is 129 Å². The van der Waals surface area contributed by atoms with Gasteiger partial charge in [-0.1, -0.05) is 28.1 Å². The van der Waals surface area contributed by atoms with E-state index in [1.807, 2.05) is 6.07 Å². The van der Waals surface area contributed by atoms with Gasteiger partial charge >= 0.3 is 0 Å². The van der Waals surface area contributed by atoms with Gasteiger partial charge in [0.05, 0.1) is 13.1 Å². The van der Waals surface area contributed by atoms with Crippen molar-refractivity contribution in [2.45, 2.75) is 11.8 Å². The minimum Gasteiger partial charge on any atom is -0.206 e. The number of halogens is 4. The molecule has 0 saturated heterocycles. The van der Waals surface area contributed by atoms with Crippen LogP contribution in [0.3, 0.4) is 0 Å². The third kappa shape index (κ3) is 2.83. The van der Waals surface area contributed by atoms with Crippen LogP contribution in [0.15, 0.2) is 32.5 Å². The molecule has 0 radical (unpaired) electrons. The number of benzene rings is 1. The van der Waals surface area contributed by atoms with E-state index in [0.29, 0.717) is 4.47 Å². The SMILES string of the molecule is Cc1sc(Br)cc1C(Br)c1cccc(F)c1Br. The number of aryl methyl sites for hydroxylation is 1. The molecule has 17 heavy (non-hydrogen) atoms. The summed E-state index contributed by atoms with van der Waals surface area (Å²) in [6.07, 6.45) is 0. The molecule has 0 N–H and O–H groups in total. The maximum atomic E-state index is 13.5. The Hall–Kier alpha value is 0.290. The van der Waals surface area contributed by atoms with E-state index in [2.05, 4.69) is 60.8 Å². The van der Waals surface area contributed by atoms with Crippen molar-refractivity contribution in [2.75, 3.05) is 0 Å². The van der Waals surface area contributed by atoms with E-state index in [4.69, 9.17) is 0 Å². The van der Waals surface area contributed by atoms with Gasteiger partial charge in [-0.15, -0.1) is 11.3 Å². The molecule has 5 heteroatoms. The molecule has 1 aromatic carbocycles. The zero-order chi connectivity index (χ0) is 12.6. The maximum absolute atomic E-state index is 13.5. The van der Waals surface area contributed by atoms with Crippen molar-refractivity contribution in [1.29, 1.82) is 0 Å². The van der Waals surface area contributed by atoms with Gasteiger partial charge < -0.3 is 0 Å². The highest BCUT2D eigenvalue weighted by Gasteiger charge is 2.19. The van der Waals surface area contributed by atoms with E-state index < -0.39 is 0 Å². The topological polar surface area (TPSA) is 0 Å². The molecule has 2 aromatic rings. The lowest BCUT2D eigenvalue weighted by molar-refractivity contribution is 0.619. The van der Waals surface area contributed by atoms with Crippen molar-refractivity contribution < 1.29 is 4.39 Å². The molecule has 90 valence electrons. The normalized spacial score (nSPS) is 12.8. The fourth-order valence-electron chi connectivity index (χ4n) is 1.59. The fraction of sp³-hybridized carbons (Fsp3) is 0.167. The molecule has 0 aliphatic carbocycles. The molecule has 1 atom stereocenters. The summed E-state index contributed by atoms with van der Waals surface area (Å²) in [5, 5.41) is 0. The molecule has 1 heterocycles. The molecule has 0 bridgehead atoms. The summed E-state index contributed by atoms with van der Waals surface area (Å²) in [4.78, 5) is 1.21. The average molecular weight is 443 g/mol. The third-order valence-electron chi connectivity index (χ3n) is 2.45. The van der Waals surface area contributed by atoms with Crippen LogP contribution in [0.25, 0.3) is 0 Å². The van der Waals surface area contributed by atoms with Crippen LogP contribution in [0, 0.1) is 12.7 Å². The molecule has 1 aromatic heterocycles.